The molecule has 4 aromatic carbocycles. The van der Waals surface area contributed by atoms with E-state index >= 15 is 0 Å². The minimum atomic E-state index is -0.386. The molecule has 9 nitrogen and oxygen atoms in total. The Hall–Kier alpha value is -4.90. The Kier molecular flexibility index (Phi) is 10.3. The Balaban J connectivity index is 1.12. The fraction of sp³-hybridized carbons (Fsp3) is 0.0909. The van der Waals surface area contributed by atoms with E-state index in [2.05, 4.69) is 26.1 Å². The Bertz CT molecular complexity index is 1840. The van der Waals surface area contributed by atoms with Gasteiger partial charge in [-0.25, -0.2) is 10.4 Å². The number of methoxy groups -OCH3 is 1. The maximum atomic E-state index is 12.7. The number of aromatic nitrogens is 1. The average Bonchev–Trinajstić information content (AvgIpc) is 3.51. The second-order valence-corrected chi connectivity index (χ2v) is 11.4. The molecule has 228 valence electrons. The van der Waals surface area contributed by atoms with Crippen molar-refractivity contribution >= 4 is 69.1 Å². The number of carbonyl (C=O) groups excluding carboxylic acids is 2. The third-order valence-electron chi connectivity index (χ3n) is 6.38. The minimum Gasteiger partial charge on any atom is -0.493 e. The molecule has 3 N–H and O–H groups in total. The number of hydrazone groups is 1. The van der Waals surface area contributed by atoms with Crippen LogP contribution in [0.15, 0.2) is 95.4 Å². The van der Waals surface area contributed by atoms with Crippen LogP contribution in [0.3, 0.4) is 0 Å². The van der Waals surface area contributed by atoms with Gasteiger partial charge >= 0.3 is 0 Å². The zero-order valence-corrected chi connectivity index (χ0v) is 26.5. The quantitative estimate of drug-likeness (QED) is 0.0979. The smallest absolute Gasteiger partial charge is 0.271 e. The lowest BCUT2D eigenvalue weighted by atomic mass is 10.1. The molecule has 0 saturated carbocycles. The second kappa shape index (κ2) is 14.7. The van der Waals surface area contributed by atoms with Crippen molar-refractivity contribution in [1.29, 1.82) is 0 Å². The van der Waals surface area contributed by atoms with Crippen molar-refractivity contribution in [2.24, 2.45) is 5.10 Å². The van der Waals surface area contributed by atoms with Gasteiger partial charge in [0.1, 0.15) is 0 Å². The molecular formula is C33H27Cl2N5O4S. The highest BCUT2D eigenvalue weighted by molar-refractivity contribution is 7.14. The van der Waals surface area contributed by atoms with Gasteiger partial charge in [-0.15, -0.1) is 11.3 Å². The molecule has 5 rings (SSSR count). The third kappa shape index (κ3) is 8.60. The van der Waals surface area contributed by atoms with Crippen LogP contribution in [-0.4, -0.2) is 36.7 Å². The van der Waals surface area contributed by atoms with Gasteiger partial charge in [0, 0.05) is 27.9 Å². The van der Waals surface area contributed by atoms with Gasteiger partial charge in [-0.3, -0.25) is 9.59 Å². The van der Waals surface area contributed by atoms with Gasteiger partial charge in [0.15, 0.2) is 23.2 Å². The van der Waals surface area contributed by atoms with Gasteiger partial charge in [0.05, 0.1) is 29.1 Å². The van der Waals surface area contributed by atoms with E-state index in [1.165, 1.54) is 30.2 Å². The number of ether oxygens (including phenoxy) is 2. The van der Waals surface area contributed by atoms with Crippen molar-refractivity contribution in [1.82, 2.24) is 10.4 Å². The minimum absolute atomic E-state index is 0.257. The molecule has 0 radical (unpaired) electrons. The summed E-state index contributed by atoms with van der Waals surface area (Å²) in [4.78, 5) is 29.6. The maximum absolute atomic E-state index is 12.7. The number of hydrogen-bond acceptors (Lipinski definition) is 8. The summed E-state index contributed by atoms with van der Waals surface area (Å²) in [5.74, 6) is 0.00434. The summed E-state index contributed by atoms with van der Waals surface area (Å²) in [6.07, 6.45) is 1.48. The number of hydrogen-bond donors (Lipinski definition) is 3. The van der Waals surface area contributed by atoms with E-state index in [1.54, 1.807) is 48.5 Å². The number of rotatable bonds is 11. The van der Waals surface area contributed by atoms with Crippen molar-refractivity contribution in [3.05, 3.63) is 117 Å². The predicted octanol–water partition coefficient (Wildman–Crippen LogP) is 7.96. The number of halogens is 2. The van der Waals surface area contributed by atoms with Crippen LogP contribution in [0.2, 0.25) is 10.0 Å². The zero-order valence-electron chi connectivity index (χ0n) is 24.1. The lowest BCUT2D eigenvalue weighted by Gasteiger charge is -2.12. The maximum Gasteiger partial charge on any atom is 0.271 e. The lowest BCUT2D eigenvalue weighted by molar-refractivity contribution is -0.118. The zero-order chi connectivity index (χ0) is 31.8. The fourth-order valence-corrected chi connectivity index (χ4v) is 5.08. The molecule has 0 aliphatic carbocycles. The van der Waals surface area contributed by atoms with Crippen LogP contribution in [0.5, 0.6) is 11.5 Å². The molecule has 45 heavy (non-hydrogen) atoms. The summed E-state index contributed by atoms with van der Waals surface area (Å²) in [7, 11) is 1.48. The standard InChI is InChI=1S/C33H27Cl2N5O4S/c1-20-3-10-24(11-4-20)38-33-39-28(19-45-33)22-6-8-23(9-7-22)32(42)40-36-17-21-5-14-29(30(15-21)43-2)44-18-31(41)37-25-12-13-26(34)27(35)16-25/h3-17,19H,18H2,1-2H3,(H,37,41)(H,38,39)(H,40,42)/b36-17+. The fourth-order valence-electron chi connectivity index (χ4n) is 4.04. The van der Waals surface area contributed by atoms with E-state index < -0.39 is 0 Å². The first-order chi connectivity index (χ1) is 21.8. The van der Waals surface area contributed by atoms with Gasteiger partial charge in [-0.2, -0.15) is 5.10 Å². The lowest BCUT2D eigenvalue weighted by Crippen LogP contribution is -2.20. The second-order valence-electron chi connectivity index (χ2n) is 9.68. The number of amides is 2. The topological polar surface area (TPSA) is 114 Å². The Morgan fingerprint density at radius 3 is 2.40 bits per heavy atom. The van der Waals surface area contributed by atoms with Crippen molar-refractivity contribution in [2.45, 2.75) is 6.92 Å². The molecule has 0 unspecified atom stereocenters. The summed E-state index contributed by atoms with van der Waals surface area (Å²) in [5.41, 5.74) is 7.99. The number of anilines is 3. The molecule has 0 aliphatic heterocycles. The highest BCUT2D eigenvalue weighted by Gasteiger charge is 2.11. The van der Waals surface area contributed by atoms with Crippen LogP contribution >= 0.6 is 34.5 Å². The monoisotopic (exact) mass is 659 g/mol. The molecule has 5 aromatic rings. The van der Waals surface area contributed by atoms with E-state index in [9.17, 15) is 9.59 Å². The van der Waals surface area contributed by atoms with Gasteiger partial charge in [-0.05, 0) is 73.2 Å². The first-order valence-electron chi connectivity index (χ1n) is 13.6. The van der Waals surface area contributed by atoms with Gasteiger partial charge < -0.3 is 20.1 Å². The number of carbonyl (C=O) groups is 2. The molecule has 0 spiro atoms. The largest absolute Gasteiger partial charge is 0.493 e. The van der Waals surface area contributed by atoms with Gasteiger partial charge in [-0.1, -0.05) is 53.0 Å². The molecule has 2 amide bonds. The molecule has 0 atom stereocenters. The number of thiazole rings is 1. The van der Waals surface area contributed by atoms with Crippen LogP contribution in [0.25, 0.3) is 11.3 Å². The van der Waals surface area contributed by atoms with Crippen LogP contribution in [-0.2, 0) is 4.79 Å². The van der Waals surface area contributed by atoms with E-state index in [0.29, 0.717) is 38.4 Å². The SMILES string of the molecule is COc1cc(/C=N/NC(=O)c2ccc(-c3csc(Nc4ccc(C)cc4)n3)cc2)ccc1OCC(=O)Nc1ccc(Cl)c(Cl)c1. The van der Waals surface area contributed by atoms with E-state index in [1.807, 2.05) is 48.7 Å². The molecule has 1 heterocycles. The molecular weight excluding hydrogens is 633 g/mol. The Morgan fingerprint density at radius 2 is 1.67 bits per heavy atom. The Morgan fingerprint density at radius 1 is 0.911 bits per heavy atom. The van der Waals surface area contributed by atoms with Crippen molar-refractivity contribution in [3.8, 4) is 22.8 Å². The normalized spacial score (nSPS) is 10.8. The van der Waals surface area contributed by atoms with E-state index in [4.69, 9.17) is 32.7 Å². The summed E-state index contributed by atoms with van der Waals surface area (Å²) in [6.45, 7) is 1.79. The van der Waals surface area contributed by atoms with E-state index in [0.717, 1.165) is 22.1 Å². The first kappa shape index (κ1) is 31.5. The highest BCUT2D eigenvalue weighted by atomic mass is 35.5. The first-order valence-corrected chi connectivity index (χ1v) is 15.2. The predicted molar refractivity (Wildman–Crippen MR) is 181 cm³/mol. The van der Waals surface area contributed by atoms with E-state index in [-0.39, 0.29) is 18.4 Å². The molecule has 0 bridgehead atoms. The number of benzene rings is 4. The summed E-state index contributed by atoms with van der Waals surface area (Å²) in [6, 6.07) is 25.1. The summed E-state index contributed by atoms with van der Waals surface area (Å²) < 4.78 is 11.0. The van der Waals surface area contributed by atoms with Crippen LogP contribution in [0.1, 0.15) is 21.5 Å². The number of nitrogens with one attached hydrogen (secondary N) is 3. The highest BCUT2D eigenvalue weighted by Crippen LogP contribution is 2.29. The molecule has 0 aliphatic rings. The molecule has 12 heteroatoms. The number of aryl methyl sites for hydroxylation is 1. The van der Waals surface area contributed by atoms with Crippen LogP contribution in [0.4, 0.5) is 16.5 Å². The average molecular weight is 661 g/mol. The third-order valence-corrected chi connectivity index (χ3v) is 7.88. The van der Waals surface area contributed by atoms with Crippen molar-refractivity contribution in [2.75, 3.05) is 24.4 Å². The number of nitrogens with zero attached hydrogens (tertiary/aromatic N) is 2. The van der Waals surface area contributed by atoms with Gasteiger partial charge in [0.2, 0.25) is 0 Å². The molecule has 1 aromatic heterocycles. The van der Waals surface area contributed by atoms with Crippen molar-refractivity contribution < 1.29 is 19.1 Å². The van der Waals surface area contributed by atoms with Crippen LogP contribution in [0, 0.1) is 6.92 Å². The molecule has 0 saturated heterocycles. The van der Waals surface area contributed by atoms with Crippen LogP contribution < -0.4 is 25.5 Å². The molecule has 0 fully saturated rings. The van der Waals surface area contributed by atoms with Gasteiger partial charge in [0.25, 0.3) is 11.8 Å². The summed E-state index contributed by atoms with van der Waals surface area (Å²) >= 11 is 13.4. The van der Waals surface area contributed by atoms with Crippen molar-refractivity contribution in [3.63, 3.8) is 0 Å². The Labute approximate surface area is 273 Å². The summed E-state index contributed by atoms with van der Waals surface area (Å²) in [5, 5.41) is 13.5.